The van der Waals surface area contributed by atoms with Crippen molar-refractivity contribution >= 4 is 17.4 Å². The van der Waals surface area contributed by atoms with Gasteiger partial charge in [0.25, 0.3) is 12.3 Å². The molecule has 1 aromatic carbocycles. The number of pyridine rings is 1. The molecule has 0 unspecified atom stereocenters. The standard InChI is InChI=1S/C25H18F6N6O2/c26-16-2-3-18-13(5-6-39-18)14(16)7-32-24-33-8-15-12-1-4-19(25(29,30)31)35-17(12)9-36(10-20(27)28)23(38)21-22(15)37(24)11-34-21/h1-4,8,11,20H,5-7,9-10H2,(H,32,33). The molecule has 1 amide bonds. The molecule has 2 aliphatic heterocycles. The van der Waals surface area contributed by atoms with Crippen LogP contribution >= 0.6 is 0 Å². The van der Waals surface area contributed by atoms with Gasteiger partial charge in [-0.2, -0.15) is 13.2 Å². The van der Waals surface area contributed by atoms with Crippen LogP contribution in [0.25, 0.3) is 16.6 Å². The lowest BCUT2D eigenvalue weighted by Crippen LogP contribution is -2.36. The van der Waals surface area contributed by atoms with Crippen LogP contribution < -0.4 is 10.1 Å². The Morgan fingerprint density at radius 2 is 1.92 bits per heavy atom. The van der Waals surface area contributed by atoms with Crippen LogP contribution in [-0.4, -0.2) is 49.7 Å². The number of hydrogen-bond donors (Lipinski definition) is 1. The third-order valence-electron chi connectivity index (χ3n) is 6.67. The summed E-state index contributed by atoms with van der Waals surface area (Å²) in [6.07, 6.45) is -4.61. The Bertz CT molecular complexity index is 1620. The fourth-order valence-corrected chi connectivity index (χ4v) is 4.92. The number of benzene rings is 1. The molecule has 0 bridgehead atoms. The SMILES string of the molecule is O=C1c2ncn3c(NCc4c(F)ccc5c4CCO5)ncc(c23)-c2ccc(C(F)(F)F)nc2CN1CC(F)F. The molecule has 39 heavy (non-hydrogen) atoms. The Morgan fingerprint density at radius 3 is 2.69 bits per heavy atom. The summed E-state index contributed by atoms with van der Waals surface area (Å²) >= 11 is 0. The molecule has 0 spiro atoms. The molecule has 2 aliphatic rings. The first-order valence-corrected chi connectivity index (χ1v) is 11.8. The van der Waals surface area contributed by atoms with Crippen molar-refractivity contribution in [2.24, 2.45) is 0 Å². The molecule has 0 radical (unpaired) electrons. The topological polar surface area (TPSA) is 84.7 Å². The Labute approximate surface area is 216 Å². The minimum Gasteiger partial charge on any atom is -0.493 e. The molecule has 0 fully saturated rings. The highest BCUT2D eigenvalue weighted by Gasteiger charge is 2.35. The first kappa shape index (κ1) is 24.9. The predicted molar refractivity (Wildman–Crippen MR) is 125 cm³/mol. The molecule has 3 aromatic heterocycles. The summed E-state index contributed by atoms with van der Waals surface area (Å²) < 4.78 is 88.4. The van der Waals surface area contributed by atoms with Gasteiger partial charge in [0.2, 0.25) is 5.95 Å². The highest BCUT2D eigenvalue weighted by Crippen LogP contribution is 2.37. The molecule has 0 saturated carbocycles. The molecule has 4 aromatic rings. The number of nitrogens with one attached hydrogen (secondary N) is 1. The number of carbonyl (C=O) groups excluding carboxylic acids is 1. The summed E-state index contributed by atoms with van der Waals surface area (Å²) in [4.78, 5) is 26.2. The number of imidazole rings is 1. The van der Waals surface area contributed by atoms with Crippen molar-refractivity contribution in [3.8, 4) is 16.9 Å². The Morgan fingerprint density at radius 1 is 1.10 bits per heavy atom. The maximum absolute atomic E-state index is 14.6. The van der Waals surface area contributed by atoms with Gasteiger partial charge < -0.3 is 15.0 Å². The quantitative estimate of drug-likeness (QED) is 0.364. The van der Waals surface area contributed by atoms with E-state index in [2.05, 4.69) is 20.3 Å². The molecule has 0 atom stereocenters. The number of rotatable bonds is 5. The zero-order valence-corrected chi connectivity index (χ0v) is 19.9. The van der Waals surface area contributed by atoms with Crippen molar-refractivity contribution in [2.75, 3.05) is 18.5 Å². The van der Waals surface area contributed by atoms with E-state index in [-0.39, 0.29) is 40.5 Å². The number of aromatic nitrogens is 4. The summed E-state index contributed by atoms with van der Waals surface area (Å²) in [7, 11) is 0. The molecular formula is C25H18F6N6O2. The van der Waals surface area contributed by atoms with E-state index in [4.69, 9.17) is 4.74 Å². The molecule has 1 N–H and O–H groups in total. The summed E-state index contributed by atoms with van der Waals surface area (Å²) in [5.41, 5.74) is 0.0521. The molecule has 8 nitrogen and oxygen atoms in total. The van der Waals surface area contributed by atoms with Gasteiger partial charge in [-0.25, -0.2) is 28.1 Å². The zero-order valence-electron chi connectivity index (χ0n) is 19.9. The van der Waals surface area contributed by atoms with Crippen LogP contribution in [-0.2, 0) is 25.7 Å². The minimum atomic E-state index is -4.78. The van der Waals surface area contributed by atoms with Crippen LogP contribution in [0.4, 0.5) is 32.3 Å². The van der Waals surface area contributed by atoms with Crippen LogP contribution in [0, 0.1) is 5.82 Å². The maximum Gasteiger partial charge on any atom is 0.433 e. The smallest absolute Gasteiger partial charge is 0.433 e. The highest BCUT2D eigenvalue weighted by atomic mass is 19.4. The Hall–Kier alpha value is -4.36. The summed E-state index contributed by atoms with van der Waals surface area (Å²) in [6, 6.07) is 4.80. The van der Waals surface area contributed by atoms with Crippen LogP contribution in [0.1, 0.15) is 33.0 Å². The molecule has 202 valence electrons. The van der Waals surface area contributed by atoms with Crippen molar-refractivity contribution in [2.45, 2.75) is 32.1 Å². The van der Waals surface area contributed by atoms with Gasteiger partial charge in [-0.1, -0.05) is 6.07 Å². The maximum atomic E-state index is 14.6. The number of fused-ring (bicyclic) bond motifs is 3. The third kappa shape index (κ3) is 4.29. The summed E-state index contributed by atoms with van der Waals surface area (Å²) in [5, 5.41) is 3.02. The average Bonchev–Trinajstić information content (AvgIpc) is 3.54. The van der Waals surface area contributed by atoms with Crippen LogP contribution in [0.15, 0.2) is 36.8 Å². The van der Waals surface area contributed by atoms with Crippen molar-refractivity contribution < 1.29 is 35.9 Å². The number of amides is 1. The van der Waals surface area contributed by atoms with Gasteiger partial charge in [0.15, 0.2) is 5.69 Å². The molecule has 0 saturated heterocycles. The van der Waals surface area contributed by atoms with Crippen molar-refractivity contribution in [3.63, 3.8) is 0 Å². The zero-order chi connectivity index (χ0) is 27.5. The third-order valence-corrected chi connectivity index (χ3v) is 6.67. The van der Waals surface area contributed by atoms with E-state index < -0.39 is 43.1 Å². The normalized spacial score (nSPS) is 14.7. The number of anilines is 1. The van der Waals surface area contributed by atoms with Gasteiger partial charge in [0.05, 0.1) is 30.9 Å². The van der Waals surface area contributed by atoms with Gasteiger partial charge in [0, 0.05) is 41.4 Å². The van der Waals surface area contributed by atoms with E-state index in [0.29, 0.717) is 24.3 Å². The molecular weight excluding hydrogens is 530 g/mol. The molecule has 0 aliphatic carbocycles. The van der Waals surface area contributed by atoms with E-state index in [1.54, 1.807) is 6.07 Å². The number of hydrogen-bond acceptors (Lipinski definition) is 6. The lowest BCUT2D eigenvalue weighted by Gasteiger charge is -2.25. The number of nitrogens with zero attached hydrogens (tertiary/aromatic N) is 5. The van der Waals surface area contributed by atoms with Gasteiger partial charge in [-0.15, -0.1) is 0 Å². The second-order valence-electron chi connectivity index (χ2n) is 9.03. The van der Waals surface area contributed by atoms with Crippen LogP contribution in [0.2, 0.25) is 0 Å². The number of alkyl halides is 5. The average molecular weight is 548 g/mol. The van der Waals surface area contributed by atoms with Crippen LogP contribution in [0.5, 0.6) is 5.75 Å². The van der Waals surface area contributed by atoms with E-state index >= 15 is 0 Å². The van der Waals surface area contributed by atoms with Gasteiger partial charge >= 0.3 is 6.18 Å². The van der Waals surface area contributed by atoms with E-state index in [0.717, 1.165) is 16.5 Å². The lowest BCUT2D eigenvalue weighted by atomic mass is 10.0. The number of halogens is 6. The van der Waals surface area contributed by atoms with Gasteiger partial charge in [-0.3, -0.25) is 9.20 Å². The van der Waals surface area contributed by atoms with Crippen molar-refractivity contribution in [1.29, 1.82) is 0 Å². The monoisotopic (exact) mass is 548 g/mol. The first-order chi connectivity index (χ1) is 18.6. The second kappa shape index (κ2) is 9.13. The fraction of sp³-hybridized carbons (Fsp3) is 0.280. The molecule has 6 rings (SSSR count). The molecule has 14 heteroatoms. The van der Waals surface area contributed by atoms with Crippen molar-refractivity contribution in [1.82, 2.24) is 24.3 Å². The predicted octanol–water partition coefficient (Wildman–Crippen LogP) is 4.72. The number of carbonyl (C=O) groups is 1. The highest BCUT2D eigenvalue weighted by molar-refractivity contribution is 6.04. The fourth-order valence-electron chi connectivity index (χ4n) is 4.92. The Balaban J connectivity index is 1.47. The van der Waals surface area contributed by atoms with Gasteiger partial charge in [-0.05, 0) is 18.2 Å². The summed E-state index contributed by atoms with van der Waals surface area (Å²) in [6.45, 7) is -1.18. The first-order valence-electron chi connectivity index (χ1n) is 11.8. The Kier molecular flexibility index (Phi) is 5.84. The molecule has 5 heterocycles. The van der Waals surface area contributed by atoms with E-state index in [1.807, 2.05) is 0 Å². The number of ether oxygens (including phenoxy) is 1. The minimum absolute atomic E-state index is 0.00582. The van der Waals surface area contributed by atoms with E-state index in [9.17, 15) is 31.1 Å². The van der Waals surface area contributed by atoms with E-state index in [1.165, 1.54) is 29.1 Å². The second-order valence-corrected chi connectivity index (χ2v) is 9.03. The lowest BCUT2D eigenvalue weighted by molar-refractivity contribution is -0.141. The largest absolute Gasteiger partial charge is 0.493 e. The van der Waals surface area contributed by atoms with Crippen molar-refractivity contribution in [3.05, 3.63) is 70.8 Å². The summed E-state index contributed by atoms with van der Waals surface area (Å²) in [5.74, 6) is -0.608. The van der Waals surface area contributed by atoms with Gasteiger partial charge in [0.1, 0.15) is 23.6 Å². The van der Waals surface area contributed by atoms with Crippen LogP contribution in [0.3, 0.4) is 0 Å².